The SMILES string of the molecule is COCCOC(=O)Cn1nc2c(cc1=O)CCc1nc(N3CCCCC3)ncc1-2. The Morgan fingerprint density at radius 1 is 1.17 bits per heavy atom. The number of piperidine rings is 1. The molecular formula is C20H25N5O4. The predicted octanol–water partition coefficient (Wildman–Crippen LogP) is 0.979. The summed E-state index contributed by atoms with van der Waals surface area (Å²) in [5, 5.41) is 4.44. The number of esters is 1. The van der Waals surface area contributed by atoms with Crippen LogP contribution in [0.5, 0.6) is 0 Å². The molecule has 9 nitrogen and oxygen atoms in total. The molecule has 1 aliphatic carbocycles. The summed E-state index contributed by atoms with van der Waals surface area (Å²) in [6, 6.07) is 1.55. The lowest BCUT2D eigenvalue weighted by Crippen LogP contribution is -2.32. The van der Waals surface area contributed by atoms with Gasteiger partial charge in [0.25, 0.3) is 5.56 Å². The minimum atomic E-state index is -0.524. The van der Waals surface area contributed by atoms with E-state index >= 15 is 0 Å². The maximum Gasteiger partial charge on any atom is 0.328 e. The summed E-state index contributed by atoms with van der Waals surface area (Å²) >= 11 is 0. The number of methoxy groups -OCH3 is 1. The molecule has 0 bridgehead atoms. The first-order valence-corrected chi connectivity index (χ1v) is 10.0. The van der Waals surface area contributed by atoms with Crippen LogP contribution in [-0.4, -0.2) is 59.1 Å². The van der Waals surface area contributed by atoms with E-state index in [0.717, 1.165) is 59.8 Å². The number of carbonyl (C=O) groups excluding carboxylic acids is 1. The van der Waals surface area contributed by atoms with Crippen molar-refractivity contribution in [1.29, 1.82) is 0 Å². The summed E-state index contributed by atoms with van der Waals surface area (Å²) in [6.07, 6.45) is 6.82. The number of ether oxygens (including phenoxy) is 2. The predicted molar refractivity (Wildman–Crippen MR) is 106 cm³/mol. The first-order chi connectivity index (χ1) is 14.2. The van der Waals surface area contributed by atoms with Crippen molar-refractivity contribution in [2.45, 2.75) is 38.6 Å². The van der Waals surface area contributed by atoms with E-state index in [-0.39, 0.29) is 18.7 Å². The molecule has 29 heavy (non-hydrogen) atoms. The van der Waals surface area contributed by atoms with Crippen LogP contribution in [0.3, 0.4) is 0 Å². The highest BCUT2D eigenvalue weighted by Gasteiger charge is 2.23. The number of aryl methyl sites for hydroxylation is 2. The Bertz CT molecular complexity index is 952. The average molecular weight is 399 g/mol. The van der Waals surface area contributed by atoms with Crippen LogP contribution in [0.2, 0.25) is 0 Å². The lowest BCUT2D eigenvalue weighted by molar-refractivity contribution is -0.145. The summed E-state index contributed by atoms with van der Waals surface area (Å²) in [6.45, 7) is 2.18. The van der Waals surface area contributed by atoms with Gasteiger partial charge >= 0.3 is 5.97 Å². The number of nitrogens with zero attached hydrogens (tertiary/aromatic N) is 5. The van der Waals surface area contributed by atoms with Gasteiger partial charge in [0.2, 0.25) is 5.95 Å². The van der Waals surface area contributed by atoms with Gasteiger partial charge in [0.15, 0.2) is 0 Å². The number of carbonyl (C=O) groups is 1. The van der Waals surface area contributed by atoms with Crippen LogP contribution in [0, 0.1) is 0 Å². The maximum absolute atomic E-state index is 12.4. The molecule has 3 heterocycles. The lowest BCUT2D eigenvalue weighted by atomic mass is 9.94. The van der Waals surface area contributed by atoms with Gasteiger partial charge in [0, 0.05) is 38.0 Å². The fraction of sp³-hybridized carbons (Fsp3) is 0.550. The summed E-state index contributed by atoms with van der Waals surface area (Å²) in [7, 11) is 1.53. The van der Waals surface area contributed by atoms with Crippen molar-refractivity contribution in [2.75, 3.05) is 38.3 Å². The van der Waals surface area contributed by atoms with E-state index in [2.05, 4.69) is 15.0 Å². The van der Waals surface area contributed by atoms with Gasteiger partial charge in [-0.3, -0.25) is 9.59 Å². The third-order valence-electron chi connectivity index (χ3n) is 5.29. The zero-order chi connectivity index (χ0) is 20.2. The standard InChI is InChI=1S/C20H25N5O4/c1-28-9-10-29-18(27)13-25-17(26)11-14-5-6-16-15(19(14)23-25)12-21-20(22-16)24-7-3-2-4-8-24/h11-12H,2-10,13H2,1H3. The van der Waals surface area contributed by atoms with Gasteiger partial charge in [-0.25, -0.2) is 14.6 Å². The molecule has 2 aromatic rings. The number of hydrogen-bond donors (Lipinski definition) is 0. The van der Waals surface area contributed by atoms with Crippen molar-refractivity contribution in [3.8, 4) is 11.3 Å². The quantitative estimate of drug-likeness (QED) is 0.524. The Labute approximate surface area is 168 Å². The van der Waals surface area contributed by atoms with Gasteiger partial charge in [-0.05, 0) is 37.7 Å². The third kappa shape index (κ3) is 4.29. The molecule has 1 aliphatic heterocycles. The zero-order valence-corrected chi connectivity index (χ0v) is 16.6. The van der Waals surface area contributed by atoms with Crippen LogP contribution >= 0.6 is 0 Å². The first kappa shape index (κ1) is 19.5. The lowest BCUT2D eigenvalue weighted by Gasteiger charge is -2.28. The molecule has 0 amide bonds. The summed E-state index contributed by atoms with van der Waals surface area (Å²) < 4.78 is 11.0. The third-order valence-corrected chi connectivity index (χ3v) is 5.29. The van der Waals surface area contributed by atoms with E-state index in [0.29, 0.717) is 18.7 Å². The Morgan fingerprint density at radius 3 is 2.79 bits per heavy atom. The molecule has 2 aromatic heterocycles. The minimum absolute atomic E-state index is 0.144. The Kier molecular flexibility index (Phi) is 5.84. The van der Waals surface area contributed by atoms with E-state index in [1.54, 1.807) is 12.3 Å². The molecule has 0 saturated carbocycles. The molecular weight excluding hydrogens is 374 g/mol. The molecule has 1 saturated heterocycles. The Hall–Kier alpha value is -2.81. The minimum Gasteiger partial charge on any atom is -0.462 e. The molecule has 0 spiro atoms. The monoisotopic (exact) mass is 399 g/mol. The van der Waals surface area contributed by atoms with E-state index in [1.165, 1.54) is 13.5 Å². The average Bonchev–Trinajstić information content (AvgIpc) is 2.75. The number of aromatic nitrogens is 4. The molecule has 9 heteroatoms. The first-order valence-electron chi connectivity index (χ1n) is 10.0. The molecule has 2 aliphatic rings. The van der Waals surface area contributed by atoms with Crippen molar-refractivity contribution in [3.63, 3.8) is 0 Å². The number of anilines is 1. The second-order valence-electron chi connectivity index (χ2n) is 7.31. The van der Waals surface area contributed by atoms with Crippen molar-refractivity contribution < 1.29 is 14.3 Å². The zero-order valence-electron chi connectivity index (χ0n) is 16.6. The van der Waals surface area contributed by atoms with Gasteiger partial charge < -0.3 is 14.4 Å². The normalized spacial score (nSPS) is 15.6. The Morgan fingerprint density at radius 2 is 2.00 bits per heavy atom. The fourth-order valence-electron chi connectivity index (χ4n) is 3.76. The molecule has 0 atom stereocenters. The smallest absolute Gasteiger partial charge is 0.328 e. The van der Waals surface area contributed by atoms with Crippen LogP contribution in [-0.2, 0) is 33.7 Å². The molecule has 0 radical (unpaired) electrons. The number of hydrogen-bond acceptors (Lipinski definition) is 8. The molecule has 1 fully saturated rings. The second-order valence-corrected chi connectivity index (χ2v) is 7.31. The van der Waals surface area contributed by atoms with Crippen molar-refractivity contribution in [2.24, 2.45) is 0 Å². The van der Waals surface area contributed by atoms with Crippen LogP contribution < -0.4 is 10.5 Å². The summed E-state index contributed by atoms with van der Waals surface area (Å²) in [5.74, 6) is 0.242. The Balaban J connectivity index is 1.58. The number of fused-ring (bicyclic) bond motifs is 3. The van der Waals surface area contributed by atoms with E-state index in [9.17, 15) is 9.59 Å². The topological polar surface area (TPSA) is 99.4 Å². The molecule has 0 unspecified atom stereocenters. The number of rotatable bonds is 6. The molecule has 0 N–H and O–H groups in total. The largest absolute Gasteiger partial charge is 0.462 e. The van der Waals surface area contributed by atoms with Gasteiger partial charge in [-0.2, -0.15) is 5.10 Å². The van der Waals surface area contributed by atoms with Gasteiger partial charge in [-0.15, -0.1) is 0 Å². The summed E-state index contributed by atoms with van der Waals surface area (Å²) in [4.78, 5) is 35.9. The highest BCUT2D eigenvalue weighted by atomic mass is 16.6. The van der Waals surface area contributed by atoms with Gasteiger partial charge in [-0.1, -0.05) is 0 Å². The molecule has 0 aromatic carbocycles. The van der Waals surface area contributed by atoms with Crippen LogP contribution in [0.25, 0.3) is 11.3 Å². The van der Waals surface area contributed by atoms with Gasteiger partial charge in [0.05, 0.1) is 18.0 Å². The maximum atomic E-state index is 12.4. The highest BCUT2D eigenvalue weighted by molar-refractivity contribution is 5.70. The summed E-state index contributed by atoms with van der Waals surface area (Å²) in [5.41, 5.74) is 2.98. The van der Waals surface area contributed by atoms with Crippen LogP contribution in [0.15, 0.2) is 17.1 Å². The van der Waals surface area contributed by atoms with Crippen LogP contribution in [0.4, 0.5) is 5.95 Å². The van der Waals surface area contributed by atoms with Crippen molar-refractivity contribution in [1.82, 2.24) is 19.7 Å². The van der Waals surface area contributed by atoms with Crippen LogP contribution in [0.1, 0.15) is 30.5 Å². The second kappa shape index (κ2) is 8.69. The van der Waals surface area contributed by atoms with Gasteiger partial charge in [0.1, 0.15) is 13.2 Å². The molecule has 154 valence electrons. The fourth-order valence-corrected chi connectivity index (χ4v) is 3.76. The van der Waals surface area contributed by atoms with E-state index < -0.39 is 5.97 Å². The van der Waals surface area contributed by atoms with E-state index in [1.807, 2.05) is 0 Å². The van der Waals surface area contributed by atoms with Crippen molar-refractivity contribution in [3.05, 3.63) is 33.9 Å². The van der Waals surface area contributed by atoms with E-state index in [4.69, 9.17) is 14.5 Å². The van der Waals surface area contributed by atoms with Crippen molar-refractivity contribution >= 4 is 11.9 Å². The molecule has 4 rings (SSSR count). The highest BCUT2D eigenvalue weighted by Crippen LogP contribution is 2.30.